The van der Waals surface area contributed by atoms with E-state index in [2.05, 4.69) is 20.6 Å². The monoisotopic (exact) mass is 431 g/mol. The molecule has 0 aliphatic rings. The predicted molar refractivity (Wildman–Crippen MR) is 113 cm³/mol. The van der Waals surface area contributed by atoms with Gasteiger partial charge in [0.1, 0.15) is 17.8 Å². The first-order chi connectivity index (χ1) is 14.7. The van der Waals surface area contributed by atoms with Gasteiger partial charge in [0.25, 0.3) is 0 Å². The van der Waals surface area contributed by atoms with Gasteiger partial charge in [-0.1, -0.05) is 26.0 Å². The fourth-order valence-electron chi connectivity index (χ4n) is 3.05. The molecule has 0 spiro atoms. The first-order valence-corrected chi connectivity index (χ1v) is 10.00. The summed E-state index contributed by atoms with van der Waals surface area (Å²) in [4.78, 5) is 43.8. The van der Waals surface area contributed by atoms with Gasteiger partial charge in [0.15, 0.2) is 0 Å². The molecule has 7 N–H and O–H groups in total. The summed E-state index contributed by atoms with van der Waals surface area (Å²) in [6.45, 7) is 3.71. The number of H-pyrrole nitrogens is 1. The number of imidazole rings is 1. The summed E-state index contributed by atoms with van der Waals surface area (Å²) in [5, 5.41) is 24.0. The molecule has 2 amide bonds. The Morgan fingerprint density at radius 2 is 1.71 bits per heavy atom. The van der Waals surface area contributed by atoms with Gasteiger partial charge in [-0.25, -0.2) is 9.78 Å². The molecule has 10 heteroatoms. The summed E-state index contributed by atoms with van der Waals surface area (Å²) < 4.78 is 0. The number of carbonyl (C=O) groups excluding carboxylic acids is 2. The summed E-state index contributed by atoms with van der Waals surface area (Å²) in [5.74, 6) is -2.20. The number of phenols is 1. The molecule has 3 atom stereocenters. The highest BCUT2D eigenvalue weighted by Crippen LogP contribution is 2.12. The minimum absolute atomic E-state index is 0.0503. The zero-order chi connectivity index (χ0) is 23.0. The van der Waals surface area contributed by atoms with Gasteiger partial charge in [0.05, 0.1) is 12.4 Å². The van der Waals surface area contributed by atoms with Gasteiger partial charge in [-0.15, -0.1) is 0 Å². The Morgan fingerprint density at radius 3 is 2.26 bits per heavy atom. The lowest BCUT2D eigenvalue weighted by atomic mass is 10.0. The number of hydrogen-bond acceptors (Lipinski definition) is 6. The molecule has 0 fully saturated rings. The Bertz CT molecular complexity index is 867. The van der Waals surface area contributed by atoms with Crippen molar-refractivity contribution in [2.75, 3.05) is 0 Å². The first-order valence-electron chi connectivity index (χ1n) is 10.00. The number of aromatic hydroxyl groups is 1. The number of carbonyl (C=O) groups is 3. The fourth-order valence-corrected chi connectivity index (χ4v) is 3.05. The molecule has 0 bridgehead atoms. The Labute approximate surface area is 180 Å². The molecule has 2 rings (SSSR count). The number of amides is 2. The van der Waals surface area contributed by atoms with Crippen LogP contribution in [0.1, 0.15) is 31.5 Å². The standard InChI is InChI=1S/C21H29N5O5/c1-12(2)7-18(21(30)31)26-20(29)17(8-13-3-5-15(27)6-4-13)25-19(28)16(22)9-14-10-23-11-24-14/h3-6,10-12,16-18,27H,7-9,22H2,1-2H3,(H,23,24)(H,25,28)(H,26,29)(H,30,31). The second-order valence-electron chi connectivity index (χ2n) is 7.85. The zero-order valence-corrected chi connectivity index (χ0v) is 17.5. The Kier molecular flexibility index (Phi) is 8.56. The summed E-state index contributed by atoms with van der Waals surface area (Å²) in [7, 11) is 0. The van der Waals surface area contributed by atoms with E-state index in [0.29, 0.717) is 11.3 Å². The highest BCUT2D eigenvalue weighted by molar-refractivity contribution is 5.92. The number of aromatic nitrogens is 2. The van der Waals surface area contributed by atoms with Crippen molar-refractivity contribution in [3.05, 3.63) is 48.0 Å². The maximum atomic E-state index is 12.9. The van der Waals surface area contributed by atoms with Crippen molar-refractivity contribution in [2.24, 2.45) is 11.7 Å². The highest BCUT2D eigenvalue weighted by Gasteiger charge is 2.28. The van der Waals surface area contributed by atoms with Crippen LogP contribution in [0.2, 0.25) is 0 Å². The van der Waals surface area contributed by atoms with Crippen LogP contribution in [0, 0.1) is 5.92 Å². The number of nitrogens with two attached hydrogens (primary N) is 1. The number of aromatic amines is 1. The summed E-state index contributed by atoms with van der Waals surface area (Å²) in [6, 6.07) is 3.12. The molecule has 1 aromatic heterocycles. The SMILES string of the molecule is CC(C)CC(NC(=O)C(Cc1ccc(O)cc1)NC(=O)C(N)Cc1cnc[nH]1)C(=O)O. The Hall–Kier alpha value is -3.40. The number of carboxylic acids is 1. The maximum absolute atomic E-state index is 12.9. The fraction of sp³-hybridized carbons (Fsp3) is 0.429. The molecule has 31 heavy (non-hydrogen) atoms. The molecule has 2 aromatic rings. The normalized spacial score (nSPS) is 13.9. The molecule has 0 saturated carbocycles. The number of aliphatic carboxylic acids is 1. The van der Waals surface area contributed by atoms with Crippen LogP contribution in [0.3, 0.4) is 0 Å². The number of rotatable bonds is 11. The lowest BCUT2D eigenvalue weighted by Crippen LogP contribution is -2.55. The molecule has 10 nitrogen and oxygen atoms in total. The van der Waals surface area contributed by atoms with E-state index < -0.39 is 35.9 Å². The van der Waals surface area contributed by atoms with Crippen molar-refractivity contribution in [3.8, 4) is 5.75 Å². The summed E-state index contributed by atoms with van der Waals surface area (Å²) in [5.41, 5.74) is 7.32. The maximum Gasteiger partial charge on any atom is 0.326 e. The third kappa shape index (κ3) is 7.74. The average molecular weight is 431 g/mol. The minimum atomic E-state index is -1.15. The third-order valence-electron chi connectivity index (χ3n) is 4.66. The lowest BCUT2D eigenvalue weighted by molar-refractivity contribution is -0.142. The van der Waals surface area contributed by atoms with Gasteiger partial charge in [-0.3, -0.25) is 9.59 Å². The van der Waals surface area contributed by atoms with Gasteiger partial charge in [0, 0.05) is 24.7 Å². The van der Waals surface area contributed by atoms with Crippen molar-refractivity contribution >= 4 is 17.8 Å². The topological polar surface area (TPSA) is 170 Å². The number of hydrogen-bond donors (Lipinski definition) is 6. The van der Waals surface area contributed by atoms with Crippen LogP contribution in [0.4, 0.5) is 0 Å². The van der Waals surface area contributed by atoms with E-state index in [4.69, 9.17) is 5.73 Å². The molecule has 0 radical (unpaired) electrons. The van der Waals surface area contributed by atoms with Crippen LogP contribution >= 0.6 is 0 Å². The van der Waals surface area contributed by atoms with E-state index in [0.717, 1.165) is 0 Å². The quantitative estimate of drug-likeness (QED) is 0.298. The molecule has 1 aromatic carbocycles. The molecule has 3 unspecified atom stereocenters. The van der Waals surface area contributed by atoms with Crippen LogP contribution in [-0.4, -0.2) is 56.1 Å². The Morgan fingerprint density at radius 1 is 1.06 bits per heavy atom. The molecular weight excluding hydrogens is 402 g/mol. The van der Waals surface area contributed by atoms with Crippen molar-refractivity contribution in [2.45, 2.75) is 51.2 Å². The van der Waals surface area contributed by atoms with Gasteiger partial charge >= 0.3 is 5.97 Å². The van der Waals surface area contributed by atoms with Gasteiger partial charge in [-0.05, 0) is 30.0 Å². The van der Waals surface area contributed by atoms with Crippen molar-refractivity contribution in [1.29, 1.82) is 0 Å². The minimum Gasteiger partial charge on any atom is -0.508 e. The zero-order valence-electron chi connectivity index (χ0n) is 17.5. The van der Waals surface area contributed by atoms with E-state index in [1.54, 1.807) is 18.3 Å². The van der Waals surface area contributed by atoms with E-state index in [1.807, 2.05) is 13.8 Å². The molecule has 0 aliphatic carbocycles. The molecule has 0 aliphatic heterocycles. The number of phenolic OH excluding ortho intramolecular Hbond substituents is 1. The predicted octanol–water partition coefficient (Wildman–Crippen LogP) is 0.328. The van der Waals surface area contributed by atoms with E-state index in [-0.39, 0.29) is 30.9 Å². The van der Waals surface area contributed by atoms with Crippen LogP contribution < -0.4 is 16.4 Å². The lowest BCUT2D eigenvalue weighted by Gasteiger charge is -2.23. The number of carboxylic acid groups (broad SMARTS) is 1. The molecule has 168 valence electrons. The number of nitrogens with one attached hydrogen (secondary N) is 3. The second-order valence-corrected chi connectivity index (χ2v) is 7.85. The number of benzene rings is 1. The van der Waals surface area contributed by atoms with Crippen LogP contribution in [-0.2, 0) is 27.2 Å². The first kappa shape index (κ1) is 23.9. The van der Waals surface area contributed by atoms with Gasteiger partial charge in [-0.2, -0.15) is 0 Å². The summed E-state index contributed by atoms with van der Waals surface area (Å²) in [6.07, 6.45) is 3.58. The van der Waals surface area contributed by atoms with Crippen LogP contribution in [0.5, 0.6) is 5.75 Å². The van der Waals surface area contributed by atoms with Crippen molar-refractivity contribution in [1.82, 2.24) is 20.6 Å². The smallest absolute Gasteiger partial charge is 0.326 e. The largest absolute Gasteiger partial charge is 0.508 e. The summed E-state index contributed by atoms with van der Waals surface area (Å²) >= 11 is 0. The molecular formula is C21H29N5O5. The second kappa shape index (κ2) is 11.1. The van der Waals surface area contributed by atoms with Crippen molar-refractivity contribution in [3.63, 3.8) is 0 Å². The third-order valence-corrected chi connectivity index (χ3v) is 4.66. The van der Waals surface area contributed by atoms with Crippen LogP contribution in [0.25, 0.3) is 0 Å². The van der Waals surface area contributed by atoms with Crippen molar-refractivity contribution < 1.29 is 24.6 Å². The molecule has 0 saturated heterocycles. The molecule has 1 heterocycles. The van der Waals surface area contributed by atoms with Gasteiger partial charge in [0.2, 0.25) is 11.8 Å². The number of nitrogens with zero attached hydrogens (tertiary/aromatic N) is 1. The van der Waals surface area contributed by atoms with E-state index >= 15 is 0 Å². The van der Waals surface area contributed by atoms with E-state index in [9.17, 15) is 24.6 Å². The van der Waals surface area contributed by atoms with E-state index in [1.165, 1.54) is 18.5 Å². The van der Waals surface area contributed by atoms with Crippen LogP contribution in [0.15, 0.2) is 36.8 Å². The van der Waals surface area contributed by atoms with Gasteiger partial charge < -0.3 is 31.6 Å². The average Bonchev–Trinajstić information content (AvgIpc) is 3.21. The highest BCUT2D eigenvalue weighted by atomic mass is 16.4. The Balaban J connectivity index is 2.14.